The van der Waals surface area contributed by atoms with Gasteiger partial charge in [0.15, 0.2) is 17.0 Å². The number of imidazole rings is 2. The van der Waals surface area contributed by atoms with Crippen molar-refractivity contribution in [3.05, 3.63) is 66.4 Å². The maximum absolute atomic E-state index is 15.1. The fraction of sp³-hybridized carbons (Fsp3) is 0.370. The highest BCUT2D eigenvalue weighted by molar-refractivity contribution is 5.84. The van der Waals surface area contributed by atoms with E-state index >= 15 is 4.39 Å². The Kier molecular flexibility index (Phi) is 5.35. The molecule has 2 atom stereocenters. The Morgan fingerprint density at radius 2 is 1.97 bits per heavy atom. The standard InChI is InChI=1S/C27H27FN8O/c1-16(33-25-23-27(31-14-30-25)35(15-32-23)21-7-3-5-13-37-21)26-34-19-11-10-18(28)22(17-8-9-17)24(19)36(26)20-6-2-4-12-29-20/h2,4,6,10-12,14-17,21H,3,5,7-9,13H2,1H3,(H,30,31,33)/t16-,21?/m0/s1. The summed E-state index contributed by atoms with van der Waals surface area (Å²) in [7, 11) is 0. The number of fused-ring (bicyclic) bond motifs is 2. The second kappa shape index (κ2) is 8.88. The van der Waals surface area contributed by atoms with Crippen LogP contribution in [0.3, 0.4) is 0 Å². The molecule has 7 rings (SSSR count). The smallest absolute Gasteiger partial charge is 0.167 e. The zero-order valence-electron chi connectivity index (χ0n) is 20.5. The van der Waals surface area contributed by atoms with E-state index in [2.05, 4.69) is 25.3 Å². The summed E-state index contributed by atoms with van der Waals surface area (Å²) < 4.78 is 25.0. The van der Waals surface area contributed by atoms with Crippen molar-refractivity contribution in [3.63, 3.8) is 0 Å². The number of aromatic nitrogens is 7. The van der Waals surface area contributed by atoms with Gasteiger partial charge in [-0.15, -0.1) is 0 Å². The number of nitrogens with zero attached hydrogens (tertiary/aromatic N) is 7. The van der Waals surface area contributed by atoms with Gasteiger partial charge in [0.25, 0.3) is 0 Å². The molecule has 5 aromatic rings. The molecule has 1 saturated heterocycles. The molecule has 10 heteroatoms. The highest BCUT2D eigenvalue weighted by atomic mass is 19.1. The van der Waals surface area contributed by atoms with Crippen LogP contribution >= 0.6 is 0 Å². The quantitative estimate of drug-likeness (QED) is 0.333. The zero-order valence-corrected chi connectivity index (χ0v) is 20.5. The van der Waals surface area contributed by atoms with Crippen LogP contribution in [0.5, 0.6) is 0 Å². The normalized spacial score (nSPS) is 18.9. The summed E-state index contributed by atoms with van der Waals surface area (Å²) in [6, 6.07) is 8.73. The Hall–Kier alpha value is -3.92. The fourth-order valence-corrected chi connectivity index (χ4v) is 5.33. The van der Waals surface area contributed by atoms with E-state index in [1.165, 1.54) is 6.07 Å². The summed E-state index contributed by atoms with van der Waals surface area (Å²) in [5.41, 5.74) is 3.67. The Balaban J connectivity index is 1.32. The first kappa shape index (κ1) is 22.3. The Morgan fingerprint density at radius 1 is 1.05 bits per heavy atom. The van der Waals surface area contributed by atoms with Gasteiger partial charge >= 0.3 is 0 Å². The lowest BCUT2D eigenvalue weighted by Crippen LogP contribution is -2.18. The van der Waals surface area contributed by atoms with Crippen molar-refractivity contribution in [2.24, 2.45) is 0 Å². The molecule has 0 radical (unpaired) electrons. The van der Waals surface area contributed by atoms with Crippen LogP contribution in [0, 0.1) is 5.82 Å². The summed E-state index contributed by atoms with van der Waals surface area (Å²) in [5.74, 6) is 2.06. The molecule has 1 aromatic carbocycles. The van der Waals surface area contributed by atoms with Crippen LogP contribution in [0.4, 0.5) is 10.2 Å². The van der Waals surface area contributed by atoms with Crippen LogP contribution in [-0.4, -0.2) is 40.7 Å². The van der Waals surface area contributed by atoms with E-state index in [1.54, 1.807) is 24.9 Å². The molecule has 5 heterocycles. The summed E-state index contributed by atoms with van der Waals surface area (Å²) in [6.45, 7) is 2.76. The van der Waals surface area contributed by atoms with E-state index < -0.39 is 0 Å². The number of hydrogen-bond acceptors (Lipinski definition) is 7. The van der Waals surface area contributed by atoms with Gasteiger partial charge in [-0.1, -0.05) is 6.07 Å². The number of anilines is 1. The molecule has 4 aromatic heterocycles. The van der Waals surface area contributed by atoms with Gasteiger partial charge in [-0.2, -0.15) is 0 Å². The minimum Gasteiger partial charge on any atom is -0.358 e. The Bertz CT molecular complexity index is 1590. The monoisotopic (exact) mass is 498 g/mol. The minimum absolute atomic E-state index is 0.0667. The van der Waals surface area contributed by atoms with Crippen LogP contribution in [0.1, 0.15) is 68.6 Å². The molecule has 1 saturated carbocycles. The van der Waals surface area contributed by atoms with Gasteiger partial charge in [-0.3, -0.25) is 9.13 Å². The predicted octanol–water partition coefficient (Wildman–Crippen LogP) is 5.45. The highest BCUT2D eigenvalue weighted by Crippen LogP contribution is 2.45. The van der Waals surface area contributed by atoms with Crippen LogP contribution in [-0.2, 0) is 4.74 Å². The van der Waals surface area contributed by atoms with Crippen molar-refractivity contribution < 1.29 is 9.13 Å². The molecule has 0 amide bonds. The van der Waals surface area contributed by atoms with Crippen molar-refractivity contribution in [1.82, 2.24) is 34.1 Å². The van der Waals surface area contributed by atoms with E-state index in [4.69, 9.17) is 9.72 Å². The van der Waals surface area contributed by atoms with Crippen molar-refractivity contribution in [3.8, 4) is 5.82 Å². The van der Waals surface area contributed by atoms with Gasteiger partial charge in [0.2, 0.25) is 0 Å². The van der Waals surface area contributed by atoms with E-state index in [9.17, 15) is 0 Å². The molecule has 1 unspecified atom stereocenters. The van der Waals surface area contributed by atoms with Crippen LogP contribution in [0.2, 0.25) is 0 Å². The van der Waals surface area contributed by atoms with Crippen molar-refractivity contribution >= 4 is 28.0 Å². The third-order valence-corrected chi connectivity index (χ3v) is 7.26. The first-order valence-corrected chi connectivity index (χ1v) is 12.9. The second-order valence-electron chi connectivity index (χ2n) is 9.83. The van der Waals surface area contributed by atoms with E-state index in [1.807, 2.05) is 34.3 Å². The van der Waals surface area contributed by atoms with Gasteiger partial charge < -0.3 is 10.1 Å². The molecule has 1 aliphatic carbocycles. The van der Waals surface area contributed by atoms with Crippen molar-refractivity contribution in [2.45, 2.75) is 57.2 Å². The van der Waals surface area contributed by atoms with Crippen molar-refractivity contribution in [1.29, 1.82) is 0 Å². The molecular formula is C27H27FN8O. The number of hydrogen-bond donors (Lipinski definition) is 1. The minimum atomic E-state index is -0.279. The number of nitrogens with one attached hydrogen (secondary N) is 1. The molecule has 2 aliphatic rings. The van der Waals surface area contributed by atoms with Crippen LogP contribution in [0.15, 0.2) is 49.2 Å². The number of halogens is 1. The van der Waals surface area contributed by atoms with Crippen LogP contribution in [0.25, 0.3) is 28.0 Å². The van der Waals surface area contributed by atoms with E-state index in [0.29, 0.717) is 17.2 Å². The molecular weight excluding hydrogens is 471 g/mol. The summed E-state index contributed by atoms with van der Waals surface area (Å²) >= 11 is 0. The lowest BCUT2D eigenvalue weighted by molar-refractivity contribution is -0.0298. The summed E-state index contributed by atoms with van der Waals surface area (Å²) in [5, 5.41) is 3.49. The summed E-state index contributed by atoms with van der Waals surface area (Å²) in [4.78, 5) is 23.2. The largest absolute Gasteiger partial charge is 0.358 e. The number of ether oxygens (including phenoxy) is 1. The third kappa shape index (κ3) is 3.83. The average molecular weight is 499 g/mol. The Morgan fingerprint density at radius 3 is 2.76 bits per heavy atom. The zero-order chi connectivity index (χ0) is 24.9. The first-order chi connectivity index (χ1) is 18.2. The van der Waals surface area contributed by atoms with Gasteiger partial charge in [0, 0.05) is 18.4 Å². The molecule has 1 N–H and O–H groups in total. The van der Waals surface area contributed by atoms with E-state index in [-0.39, 0.29) is 24.0 Å². The second-order valence-corrected chi connectivity index (χ2v) is 9.83. The highest BCUT2D eigenvalue weighted by Gasteiger charge is 2.32. The van der Waals surface area contributed by atoms with E-state index in [0.717, 1.165) is 66.8 Å². The fourth-order valence-electron chi connectivity index (χ4n) is 5.33. The van der Waals surface area contributed by atoms with Crippen LogP contribution < -0.4 is 5.32 Å². The molecule has 0 spiro atoms. The third-order valence-electron chi connectivity index (χ3n) is 7.26. The predicted molar refractivity (Wildman–Crippen MR) is 137 cm³/mol. The number of benzene rings is 1. The molecule has 0 bridgehead atoms. The first-order valence-electron chi connectivity index (χ1n) is 12.9. The molecule has 37 heavy (non-hydrogen) atoms. The summed E-state index contributed by atoms with van der Waals surface area (Å²) in [6.07, 6.45) is 10.1. The topological polar surface area (TPSA) is 95.6 Å². The number of rotatable bonds is 6. The van der Waals surface area contributed by atoms with Gasteiger partial charge in [-0.05, 0) is 69.2 Å². The molecule has 188 valence electrons. The van der Waals surface area contributed by atoms with Gasteiger partial charge in [0.05, 0.1) is 23.4 Å². The molecule has 1 aliphatic heterocycles. The van der Waals surface area contributed by atoms with Gasteiger partial charge in [-0.25, -0.2) is 29.3 Å². The molecule has 9 nitrogen and oxygen atoms in total. The number of pyridine rings is 1. The maximum Gasteiger partial charge on any atom is 0.167 e. The van der Waals surface area contributed by atoms with Gasteiger partial charge in [0.1, 0.15) is 30.0 Å². The van der Waals surface area contributed by atoms with Crippen molar-refractivity contribution in [2.75, 3.05) is 11.9 Å². The lowest BCUT2D eigenvalue weighted by atomic mass is 10.1. The lowest BCUT2D eigenvalue weighted by Gasteiger charge is -2.23. The SMILES string of the molecule is C[C@H](Nc1ncnc2c1ncn2C1CCCCO1)c1nc2ccc(F)c(C3CC3)c2n1-c1ccccn1. The maximum atomic E-state index is 15.1. The Labute approximate surface area is 212 Å². The average Bonchev–Trinajstić information content (AvgIpc) is 3.55. The molecule has 2 fully saturated rings.